The van der Waals surface area contributed by atoms with E-state index in [2.05, 4.69) is 43.4 Å². The average Bonchev–Trinajstić information content (AvgIpc) is 3.60. The summed E-state index contributed by atoms with van der Waals surface area (Å²) in [6.07, 6.45) is 5.98. The number of hydrogen-bond acceptors (Lipinski definition) is 5. The van der Waals surface area contributed by atoms with Crippen molar-refractivity contribution in [1.82, 2.24) is 20.2 Å². The number of fused-ring (bicyclic) bond motifs is 1. The second-order valence-corrected chi connectivity index (χ2v) is 10.2. The number of aromatic amines is 1. The van der Waals surface area contributed by atoms with E-state index in [1.165, 1.54) is 22.0 Å². The normalized spacial score (nSPS) is 18.1. The number of ether oxygens (including phenoxy) is 1. The smallest absolute Gasteiger partial charge is 0.407 e. The van der Waals surface area contributed by atoms with Crippen molar-refractivity contribution < 1.29 is 14.3 Å². The van der Waals surface area contributed by atoms with Crippen LogP contribution in [0, 0.1) is 0 Å². The minimum atomic E-state index is -0.820. The molecule has 33 heavy (non-hydrogen) atoms. The van der Waals surface area contributed by atoms with E-state index in [0.717, 1.165) is 35.7 Å². The maximum Gasteiger partial charge on any atom is 0.407 e. The highest BCUT2D eigenvalue weighted by Gasteiger charge is 2.37. The standard InChI is InChI=1S/C24H23BrN4O3S/c1-32-24(31)28-21(14-6-3-2-4-7-14)23(30)29-9-5-8-18(29)22-26-13-17(27-22)20-11-15-10-16(25)12-19(15)33-20/h2-4,6-7,11-13,18,21H,5,8-10H2,1H3,(H,26,27)(H,28,31)/t18-,21+/m0/s1. The number of allylic oxidation sites excluding steroid dienone is 1. The molecule has 0 bridgehead atoms. The van der Waals surface area contributed by atoms with Gasteiger partial charge in [-0.2, -0.15) is 0 Å². The summed E-state index contributed by atoms with van der Waals surface area (Å²) in [5, 5.41) is 2.70. The molecule has 1 fully saturated rings. The number of amides is 2. The summed E-state index contributed by atoms with van der Waals surface area (Å²) in [4.78, 5) is 37.9. The minimum absolute atomic E-state index is 0.169. The van der Waals surface area contributed by atoms with Gasteiger partial charge in [0.1, 0.15) is 11.9 Å². The molecule has 1 aliphatic heterocycles. The Bertz CT molecular complexity index is 1220. The maximum absolute atomic E-state index is 13.6. The second-order valence-electron chi connectivity index (χ2n) is 8.12. The van der Waals surface area contributed by atoms with Crippen molar-refractivity contribution in [3.63, 3.8) is 0 Å². The lowest BCUT2D eigenvalue weighted by molar-refractivity contribution is -0.134. The second kappa shape index (κ2) is 9.15. The van der Waals surface area contributed by atoms with Crippen LogP contribution in [0.5, 0.6) is 0 Å². The highest BCUT2D eigenvalue weighted by Crippen LogP contribution is 2.40. The molecular weight excluding hydrogens is 504 g/mol. The first-order valence-corrected chi connectivity index (χ1v) is 12.4. The van der Waals surface area contributed by atoms with E-state index in [1.807, 2.05) is 41.4 Å². The fraction of sp³-hybridized carbons (Fsp3) is 0.292. The van der Waals surface area contributed by atoms with Crippen LogP contribution in [-0.4, -0.2) is 40.5 Å². The Morgan fingerprint density at radius 1 is 1.33 bits per heavy atom. The minimum Gasteiger partial charge on any atom is -0.453 e. The summed E-state index contributed by atoms with van der Waals surface area (Å²) in [6.45, 7) is 0.609. The molecule has 0 unspecified atom stereocenters. The number of benzene rings is 1. The maximum atomic E-state index is 13.6. The van der Waals surface area contributed by atoms with Crippen LogP contribution in [0.3, 0.4) is 0 Å². The first kappa shape index (κ1) is 21.9. The van der Waals surface area contributed by atoms with E-state index in [1.54, 1.807) is 11.3 Å². The van der Waals surface area contributed by atoms with Crippen LogP contribution in [0.4, 0.5) is 4.79 Å². The molecule has 9 heteroatoms. The van der Waals surface area contributed by atoms with Crippen molar-refractivity contribution in [3.05, 3.63) is 68.9 Å². The largest absolute Gasteiger partial charge is 0.453 e. The Balaban J connectivity index is 1.39. The number of aromatic nitrogens is 2. The summed E-state index contributed by atoms with van der Waals surface area (Å²) >= 11 is 5.31. The number of methoxy groups -OCH3 is 1. The van der Waals surface area contributed by atoms with Crippen LogP contribution in [0.1, 0.15) is 46.8 Å². The molecule has 7 nitrogen and oxygen atoms in total. The number of alkyl carbamates (subject to hydrolysis) is 1. The van der Waals surface area contributed by atoms with Gasteiger partial charge in [0.05, 0.1) is 29.9 Å². The van der Waals surface area contributed by atoms with E-state index in [9.17, 15) is 9.59 Å². The van der Waals surface area contributed by atoms with E-state index >= 15 is 0 Å². The Morgan fingerprint density at radius 2 is 2.15 bits per heavy atom. The summed E-state index contributed by atoms with van der Waals surface area (Å²) in [7, 11) is 1.29. The molecule has 2 aliphatic rings. The fourth-order valence-electron chi connectivity index (χ4n) is 4.43. The van der Waals surface area contributed by atoms with Crippen LogP contribution in [-0.2, 0) is 16.0 Å². The van der Waals surface area contributed by atoms with Crippen LogP contribution in [0.15, 0.2) is 47.1 Å². The van der Waals surface area contributed by atoms with Crippen molar-refractivity contribution in [2.24, 2.45) is 0 Å². The number of halogens is 1. The predicted octanol–water partition coefficient (Wildman–Crippen LogP) is 5.19. The number of carbonyl (C=O) groups is 2. The summed E-state index contributed by atoms with van der Waals surface area (Å²) in [6, 6.07) is 10.4. The third-order valence-electron chi connectivity index (χ3n) is 6.03. The predicted molar refractivity (Wildman–Crippen MR) is 131 cm³/mol. The van der Waals surface area contributed by atoms with Crippen LogP contribution < -0.4 is 5.32 Å². The molecule has 1 saturated heterocycles. The molecule has 3 heterocycles. The van der Waals surface area contributed by atoms with Gasteiger partial charge in [-0.25, -0.2) is 9.78 Å². The number of nitrogens with zero attached hydrogens (tertiary/aromatic N) is 2. The Hall–Kier alpha value is -2.91. The lowest BCUT2D eigenvalue weighted by atomic mass is 10.1. The van der Waals surface area contributed by atoms with Crippen molar-refractivity contribution in [1.29, 1.82) is 0 Å². The van der Waals surface area contributed by atoms with Crippen molar-refractivity contribution in [3.8, 4) is 10.6 Å². The Morgan fingerprint density at radius 3 is 2.91 bits per heavy atom. The number of rotatable bonds is 5. The monoisotopic (exact) mass is 526 g/mol. The zero-order valence-corrected chi connectivity index (χ0v) is 20.4. The van der Waals surface area contributed by atoms with Gasteiger partial charge in [0.25, 0.3) is 5.91 Å². The molecule has 1 aliphatic carbocycles. The lowest BCUT2D eigenvalue weighted by Crippen LogP contribution is -2.42. The molecule has 5 rings (SSSR count). The first-order valence-electron chi connectivity index (χ1n) is 10.8. The van der Waals surface area contributed by atoms with Gasteiger partial charge in [0.2, 0.25) is 0 Å². The van der Waals surface area contributed by atoms with Gasteiger partial charge in [-0.3, -0.25) is 4.79 Å². The topological polar surface area (TPSA) is 87.3 Å². The average molecular weight is 527 g/mol. The number of likely N-dealkylation sites (tertiary alicyclic amines) is 1. The van der Waals surface area contributed by atoms with Gasteiger partial charge in [0.15, 0.2) is 0 Å². The fourth-order valence-corrected chi connectivity index (χ4v) is 6.23. The molecule has 170 valence electrons. The molecule has 0 spiro atoms. The van der Waals surface area contributed by atoms with Crippen molar-refractivity contribution in [2.45, 2.75) is 31.3 Å². The van der Waals surface area contributed by atoms with Crippen LogP contribution in [0.25, 0.3) is 16.6 Å². The number of nitrogens with one attached hydrogen (secondary N) is 2. The molecule has 0 radical (unpaired) electrons. The number of imidazole rings is 1. The van der Waals surface area contributed by atoms with E-state index in [0.29, 0.717) is 12.1 Å². The van der Waals surface area contributed by atoms with Crippen LogP contribution >= 0.6 is 27.3 Å². The quantitative estimate of drug-likeness (QED) is 0.478. The van der Waals surface area contributed by atoms with Gasteiger partial charge in [-0.1, -0.05) is 46.3 Å². The number of H-pyrrole nitrogens is 1. The summed E-state index contributed by atoms with van der Waals surface area (Å²) in [5.41, 5.74) is 2.99. The molecule has 2 aromatic heterocycles. The van der Waals surface area contributed by atoms with Crippen molar-refractivity contribution in [2.75, 3.05) is 13.7 Å². The molecular formula is C24H23BrN4O3S. The zero-order valence-electron chi connectivity index (χ0n) is 18.0. The molecule has 0 saturated carbocycles. The summed E-state index contributed by atoms with van der Waals surface area (Å²) in [5.74, 6) is 0.600. The zero-order chi connectivity index (χ0) is 22.9. The van der Waals surface area contributed by atoms with Gasteiger partial charge in [0, 0.05) is 22.3 Å². The highest BCUT2D eigenvalue weighted by molar-refractivity contribution is 9.11. The molecule has 2 atom stereocenters. The number of hydrogen-bond donors (Lipinski definition) is 2. The lowest BCUT2D eigenvalue weighted by Gasteiger charge is -2.28. The van der Waals surface area contributed by atoms with E-state index in [4.69, 9.17) is 4.74 Å². The molecule has 2 amide bonds. The number of carbonyl (C=O) groups excluding carboxylic acids is 2. The number of thiophene rings is 1. The summed E-state index contributed by atoms with van der Waals surface area (Å²) < 4.78 is 5.97. The molecule has 2 N–H and O–H groups in total. The molecule has 1 aromatic carbocycles. The van der Waals surface area contributed by atoms with Gasteiger partial charge < -0.3 is 19.9 Å². The Kier molecular flexibility index (Phi) is 6.07. The van der Waals surface area contributed by atoms with E-state index in [-0.39, 0.29) is 11.9 Å². The third-order valence-corrected chi connectivity index (χ3v) is 7.70. The van der Waals surface area contributed by atoms with Gasteiger partial charge in [-0.15, -0.1) is 11.3 Å². The van der Waals surface area contributed by atoms with Gasteiger partial charge in [-0.05, 0) is 36.1 Å². The van der Waals surface area contributed by atoms with Crippen LogP contribution in [0.2, 0.25) is 0 Å². The first-order chi connectivity index (χ1) is 16.0. The highest BCUT2D eigenvalue weighted by atomic mass is 79.9. The van der Waals surface area contributed by atoms with E-state index < -0.39 is 12.1 Å². The van der Waals surface area contributed by atoms with Crippen molar-refractivity contribution >= 4 is 45.3 Å². The third kappa shape index (κ3) is 4.35. The van der Waals surface area contributed by atoms with Gasteiger partial charge >= 0.3 is 6.09 Å². The molecule has 3 aromatic rings. The SMILES string of the molecule is COC(=O)N[C@@H](C(=O)N1CCC[C@H]1c1ncc(-c2cc3c(s2)C=C(Br)C3)[nH]1)c1ccccc1. The Labute approximate surface area is 204 Å².